The van der Waals surface area contributed by atoms with Gasteiger partial charge in [0.15, 0.2) is 0 Å². The maximum Gasteiger partial charge on any atom is 0.266 e. The highest BCUT2D eigenvalue weighted by Gasteiger charge is 2.33. The van der Waals surface area contributed by atoms with Gasteiger partial charge in [-0.1, -0.05) is 29.4 Å². The number of amides is 1. The Balaban J connectivity index is 1.27. The van der Waals surface area contributed by atoms with Crippen molar-refractivity contribution in [1.82, 2.24) is 9.80 Å². The van der Waals surface area contributed by atoms with Crippen LogP contribution in [0.4, 0.5) is 8.78 Å². The summed E-state index contributed by atoms with van der Waals surface area (Å²) in [6.45, 7) is 3.47. The van der Waals surface area contributed by atoms with Crippen molar-refractivity contribution >= 4 is 11.6 Å². The molecule has 2 aliphatic heterocycles. The second kappa shape index (κ2) is 8.06. The topological polar surface area (TPSA) is 45.1 Å². The number of piperazine rings is 1. The van der Waals surface area contributed by atoms with Gasteiger partial charge < -0.3 is 9.74 Å². The molecule has 2 aliphatic rings. The smallest absolute Gasteiger partial charge is 0.266 e. The molecule has 2 aromatic rings. The van der Waals surface area contributed by atoms with E-state index in [4.69, 9.17) is 4.84 Å². The molecule has 2 heterocycles. The van der Waals surface area contributed by atoms with Crippen molar-refractivity contribution < 1.29 is 18.4 Å². The highest BCUT2D eigenvalue weighted by molar-refractivity contribution is 6.04. The van der Waals surface area contributed by atoms with Crippen LogP contribution in [-0.2, 0) is 16.2 Å². The molecule has 0 saturated carbocycles. The molecule has 1 fully saturated rings. The summed E-state index contributed by atoms with van der Waals surface area (Å²) in [5, 5.41) is 4.02. The number of oxime groups is 1. The summed E-state index contributed by atoms with van der Waals surface area (Å²) in [6, 6.07) is 12.5. The second-order valence-corrected chi connectivity index (χ2v) is 7.07. The number of halogens is 2. The molecule has 0 N–H and O–H groups in total. The van der Waals surface area contributed by atoms with E-state index < -0.39 is 6.10 Å². The molecule has 0 aliphatic carbocycles. The van der Waals surface area contributed by atoms with Gasteiger partial charge in [-0.05, 0) is 35.4 Å². The minimum Gasteiger partial charge on any atom is -0.382 e. The lowest BCUT2D eigenvalue weighted by Crippen LogP contribution is -2.51. The lowest BCUT2D eigenvalue weighted by Gasteiger charge is -2.35. The van der Waals surface area contributed by atoms with Crippen molar-refractivity contribution in [3.05, 3.63) is 71.3 Å². The number of benzene rings is 2. The fourth-order valence-electron chi connectivity index (χ4n) is 3.50. The number of carbonyl (C=O) groups is 1. The van der Waals surface area contributed by atoms with Gasteiger partial charge in [-0.15, -0.1) is 0 Å². The molecular weight excluding hydrogens is 364 g/mol. The average Bonchev–Trinajstić information content (AvgIpc) is 3.20. The molecule has 7 heteroatoms. The van der Waals surface area contributed by atoms with Crippen molar-refractivity contribution in [2.45, 2.75) is 19.1 Å². The molecule has 1 unspecified atom stereocenters. The Kier molecular flexibility index (Phi) is 5.34. The van der Waals surface area contributed by atoms with Crippen LogP contribution in [0.3, 0.4) is 0 Å². The quantitative estimate of drug-likeness (QED) is 0.813. The van der Waals surface area contributed by atoms with Gasteiger partial charge in [0.1, 0.15) is 11.6 Å². The molecule has 1 amide bonds. The summed E-state index contributed by atoms with van der Waals surface area (Å²) in [5.41, 5.74) is 2.48. The Bertz CT molecular complexity index is 860. The van der Waals surface area contributed by atoms with Crippen LogP contribution in [-0.4, -0.2) is 53.7 Å². The van der Waals surface area contributed by atoms with Crippen LogP contribution in [0.15, 0.2) is 53.7 Å². The zero-order valence-electron chi connectivity index (χ0n) is 15.4. The lowest BCUT2D eigenvalue weighted by molar-refractivity contribution is -0.143. The monoisotopic (exact) mass is 385 g/mol. The van der Waals surface area contributed by atoms with Gasteiger partial charge in [0.2, 0.25) is 6.10 Å². The Morgan fingerprint density at radius 1 is 0.964 bits per heavy atom. The number of hydrogen-bond acceptors (Lipinski definition) is 4. The molecule has 1 atom stereocenters. The molecule has 4 rings (SSSR count). The van der Waals surface area contributed by atoms with E-state index in [0.717, 1.165) is 30.8 Å². The van der Waals surface area contributed by atoms with E-state index in [1.54, 1.807) is 29.2 Å². The van der Waals surface area contributed by atoms with Crippen molar-refractivity contribution in [3.63, 3.8) is 0 Å². The van der Waals surface area contributed by atoms with Crippen molar-refractivity contribution in [2.75, 3.05) is 26.2 Å². The maximum atomic E-state index is 13.1. The molecule has 0 spiro atoms. The summed E-state index contributed by atoms with van der Waals surface area (Å²) in [6.07, 6.45) is -0.232. The van der Waals surface area contributed by atoms with Crippen LogP contribution in [0.1, 0.15) is 17.5 Å². The molecule has 0 bridgehead atoms. The normalized spacial score (nSPS) is 20.0. The van der Waals surface area contributed by atoms with Crippen LogP contribution >= 0.6 is 0 Å². The number of rotatable bonds is 4. The summed E-state index contributed by atoms with van der Waals surface area (Å²) in [7, 11) is 0. The summed E-state index contributed by atoms with van der Waals surface area (Å²) >= 11 is 0. The third-order valence-electron chi connectivity index (χ3n) is 5.13. The highest BCUT2D eigenvalue weighted by Crippen LogP contribution is 2.20. The zero-order chi connectivity index (χ0) is 19.5. The van der Waals surface area contributed by atoms with Gasteiger partial charge >= 0.3 is 0 Å². The first-order chi connectivity index (χ1) is 13.6. The molecular formula is C21H21F2N3O2. The Hall–Kier alpha value is -2.80. The minimum atomic E-state index is -0.622. The Labute approximate surface area is 162 Å². The third kappa shape index (κ3) is 4.20. The van der Waals surface area contributed by atoms with E-state index in [-0.39, 0.29) is 17.5 Å². The van der Waals surface area contributed by atoms with Crippen LogP contribution in [0.2, 0.25) is 0 Å². The maximum absolute atomic E-state index is 13.1. The molecule has 0 radical (unpaired) electrons. The molecule has 0 aromatic heterocycles. The first kappa shape index (κ1) is 18.6. The Morgan fingerprint density at radius 2 is 1.57 bits per heavy atom. The minimum absolute atomic E-state index is 0.0673. The summed E-state index contributed by atoms with van der Waals surface area (Å²) in [5.74, 6) is -0.616. The number of nitrogens with zero attached hydrogens (tertiary/aromatic N) is 3. The highest BCUT2D eigenvalue weighted by atomic mass is 19.1. The predicted octanol–water partition coefficient (Wildman–Crippen LogP) is 2.80. The van der Waals surface area contributed by atoms with Crippen molar-refractivity contribution in [1.29, 1.82) is 0 Å². The van der Waals surface area contributed by atoms with Gasteiger partial charge in [-0.2, -0.15) is 0 Å². The largest absolute Gasteiger partial charge is 0.382 e. The molecule has 5 nitrogen and oxygen atoms in total. The lowest BCUT2D eigenvalue weighted by atomic mass is 10.0. The Morgan fingerprint density at radius 3 is 2.21 bits per heavy atom. The first-order valence-corrected chi connectivity index (χ1v) is 9.33. The third-order valence-corrected chi connectivity index (χ3v) is 5.13. The van der Waals surface area contributed by atoms with E-state index in [9.17, 15) is 13.6 Å². The molecule has 146 valence electrons. The SMILES string of the molecule is O=C(C1CC(c2ccc(F)cc2)=NO1)N1CCN(Cc2ccc(F)cc2)CC1. The van der Waals surface area contributed by atoms with Gasteiger partial charge in [0.25, 0.3) is 5.91 Å². The van der Waals surface area contributed by atoms with Crippen LogP contribution in [0, 0.1) is 11.6 Å². The van der Waals surface area contributed by atoms with Gasteiger partial charge in [0, 0.05) is 39.1 Å². The summed E-state index contributed by atoms with van der Waals surface area (Å²) < 4.78 is 26.1. The van der Waals surface area contributed by atoms with Gasteiger partial charge in [0.05, 0.1) is 5.71 Å². The first-order valence-electron chi connectivity index (χ1n) is 9.33. The van der Waals surface area contributed by atoms with Crippen LogP contribution in [0.25, 0.3) is 0 Å². The molecule has 28 heavy (non-hydrogen) atoms. The fourth-order valence-corrected chi connectivity index (χ4v) is 3.50. The van der Waals surface area contributed by atoms with Crippen molar-refractivity contribution in [3.8, 4) is 0 Å². The fraction of sp³-hybridized carbons (Fsp3) is 0.333. The number of hydrogen-bond donors (Lipinski definition) is 0. The van der Waals surface area contributed by atoms with Gasteiger partial charge in [-0.25, -0.2) is 8.78 Å². The van der Waals surface area contributed by atoms with E-state index in [2.05, 4.69) is 10.1 Å². The number of carbonyl (C=O) groups excluding carboxylic acids is 1. The molecule has 1 saturated heterocycles. The standard InChI is InChI=1S/C21H21F2N3O2/c22-17-5-1-15(2-6-17)14-25-9-11-26(12-10-25)21(27)20-13-19(24-28-20)16-3-7-18(23)8-4-16/h1-8,20H,9-14H2. The van der Waals surface area contributed by atoms with E-state index in [0.29, 0.717) is 25.2 Å². The zero-order valence-corrected chi connectivity index (χ0v) is 15.4. The molecule has 2 aromatic carbocycles. The van der Waals surface area contributed by atoms with Crippen molar-refractivity contribution in [2.24, 2.45) is 5.16 Å². The van der Waals surface area contributed by atoms with E-state index >= 15 is 0 Å². The average molecular weight is 385 g/mol. The van der Waals surface area contributed by atoms with E-state index in [1.165, 1.54) is 24.3 Å². The van der Waals surface area contributed by atoms with Crippen LogP contribution in [0.5, 0.6) is 0 Å². The predicted molar refractivity (Wildman–Crippen MR) is 101 cm³/mol. The van der Waals surface area contributed by atoms with Gasteiger partial charge in [-0.3, -0.25) is 9.69 Å². The van der Waals surface area contributed by atoms with E-state index in [1.807, 2.05) is 0 Å². The second-order valence-electron chi connectivity index (χ2n) is 7.07. The summed E-state index contributed by atoms with van der Waals surface area (Å²) in [4.78, 5) is 22.1. The van der Waals surface area contributed by atoms with Crippen LogP contribution < -0.4 is 0 Å².